The molecule has 1 unspecified atom stereocenters. The summed E-state index contributed by atoms with van der Waals surface area (Å²) in [5.41, 5.74) is -0.0972. The molecule has 2 heterocycles. The fourth-order valence-corrected chi connectivity index (χ4v) is 2.83. The van der Waals surface area contributed by atoms with Crippen LogP contribution in [0.5, 0.6) is 0 Å². The third-order valence-electron chi connectivity index (χ3n) is 4.52. The van der Waals surface area contributed by atoms with Gasteiger partial charge in [-0.1, -0.05) is 0 Å². The van der Waals surface area contributed by atoms with Gasteiger partial charge in [-0.25, -0.2) is 0 Å². The summed E-state index contributed by atoms with van der Waals surface area (Å²) in [4.78, 5) is 27.2. The first kappa shape index (κ1) is 14.3. The van der Waals surface area contributed by atoms with E-state index in [4.69, 9.17) is 4.74 Å². The Balaban J connectivity index is 1.86. The quantitative estimate of drug-likeness (QED) is 0.747. The largest absolute Gasteiger partial charge is 0.378 e. The molecule has 0 bridgehead atoms. The van der Waals surface area contributed by atoms with Crippen molar-refractivity contribution in [3.8, 4) is 0 Å². The van der Waals surface area contributed by atoms with Crippen molar-refractivity contribution in [2.75, 3.05) is 33.3 Å². The second-order valence-electron chi connectivity index (χ2n) is 5.95. The monoisotopic (exact) mass is 268 g/mol. The minimum Gasteiger partial charge on any atom is -0.378 e. The number of nitrogens with zero attached hydrogens (tertiary/aromatic N) is 2. The van der Waals surface area contributed by atoms with Gasteiger partial charge >= 0.3 is 0 Å². The summed E-state index contributed by atoms with van der Waals surface area (Å²) >= 11 is 0. The van der Waals surface area contributed by atoms with Gasteiger partial charge in [-0.05, 0) is 26.2 Å². The molecule has 0 aromatic carbocycles. The van der Waals surface area contributed by atoms with E-state index in [9.17, 15) is 9.59 Å². The van der Waals surface area contributed by atoms with Crippen LogP contribution in [0, 0.1) is 5.92 Å². The number of amides is 2. The van der Waals surface area contributed by atoms with Crippen molar-refractivity contribution in [2.45, 2.75) is 38.7 Å². The Kier molecular flexibility index (Phi) is 4.13. The molecule has 2 aliphatic heterocycles. The van der Waals surface area contributed by atoms with E-state index in [0.29, 0.717) is 13.1 Å². The predicted octanol–water partition coefficient (Wildman–Crippen LogP) is 0.882. The van der Waals surface area contributed by atoms with Crippen LogP contribution in [0.2, 0.25) is 0 Å². The molecule has 19 heavy (non-hydrogen) atoms. The topological polar surface area (TPSA) is 49.9 Å². The number of carbonyl (C=O) groups excluding carboxylic acids is 2. The molecule has 2 aliphatic rings. The molecule has 0 N–H and O–H groups in total. The third kappa shape index (κ3) is 3.08. The zero-order chi connectivity index (χ0) is 14.0. The van der Waals surface area contributed by atoms with Gasteiger partial charge in [0.05, 0.1) is 11.5 Å². The average Bonchev–Trinajstić information content (AvgIpc) is 2.49. The van der Waals surface area contributed by atoms with Crippen molar-refractivity contribution >= 4 is 11.8 Å². The molecule has 5 heteroatoms. The Morgan fingerprint density at radius 2 is 1.84 bits per heavy atom. The molecular weight excluding hydrogens is 244 g/mol. The highest BCUT2D eigenvalue weighted by Crippen LogP contribution is 2.27. The molecule has 2 saturated heterocycles. The SMILES string of the molecule is COC1(C)CCCN(C(=O)C2CN(C(C)=O)C2)CC1. The molecule has 0 radical (unpaired) electrons. The average molecular weight is 268 g/mol. The fourth-order valence-electron chi connectivity index (χ4n) is 2.83. The molecule has 2 amide bonds. The van der Waals surface area contributed by atoms with Crippen LogP contribution in [0.25, 0.3) is 0 Å². The van der Waals surface area contributed by atoms with E-state index in [2.05, 4.69) is 6.92 Å². The number of carbonyl (C=O) groups is 2. The van der Waals surface area contributed by atoms with E-state index in [1.807, 2.05) is 4.90 Å². The van der Waals surface area contributed by atoms with Gasteiger partial charge in [0.15, 0.2) is 0 Å². The summed E-state index contributed by atoms with van der Waals surface area (Å²) in [6.45, 7) is 6.42. The van der Waals surface area contributed by atoms with Crippen LogP contribution in [0.3, 0.4) is 0 Å². The molecule has 108 valence electrons. The molecule has 5 nitrogen and oxygen atoms in total. The summed E-state index contributed by atoms with van der Waals surface area (Å²) in [7, 11) is 1.74. The van der Waals surface area contributed by atoms with Crippen LogP contribution in [0.15, 0.2) is 0 Å². The Morgan fingerprint density at radius 3 is 2.42 bits per heavy atom. The van der Waals surface area contributed by atoms with Gasteiger partial charge < -0.3 is 14.5 Å². The summed E-state index contributed by atoms with van der Waals surface area (Å²) in [6, 6.07) is 0. The predicted molar refractivity (Wildman–Crippen MR) is 71.6 cm³/mol. The first-order valence-corrected chi connectivity index (χ1v) is 7.05. The van der Waals surface area contributed by atoms with E-state index < -0.39 is 0 Å². The Labute approximate surface area is 114 Å². The fraction of sp³-hybridized carbons (Fsp3) is 0.857. The maximum atomic E-state index is 12.3. The van der Waals surface area contributed by atoms with E-state index >= 15 is 0 Å². The minimum absolute atomic E-state index is 0.0100. The van der Waals surface area contributed by atoms with Crippen molar-refractivity contribution in [2.24, 2.45) is 5.92 Å². The van der Waals surface area contributed by atoms with Crippen LogP contribution >= 0.6 is 0 Å². The zero-order valence-electron chi connectivity index (χ0n) is 12.1. The zero-order valence-corrected chi connectivity index (χ0v) is 12.1. The molecule has 0 aromatic rings. The first-order valence-electron chi connectivity index (χ1n) is 7.05. The second-order valence-corrected chi connectivity index (χ2v) is 5.95. The molecule has 0 spiro atoms. The molecule has 2 rings (SSSR count). The van der Waals surface area contributed by atoms with Crippen LogP contribution < -0.4 is 0 Å². The smallest absolute Gasteiger partial charge is 0.229 e. The van der Waals surface area contributed by atoms with E-state index in [1.54, 1.807) is 18.9 Å². The lowest BCUT2D eigenvalue weighted by molar-refractivity contribution is -0.147. The molecular formula is C14H24N2O3. The number of rotatable bonds is 2. The lowest BCUT2D eigenvalue weighted by Gasteiger charge is -2.40. The van der Waals surface area contributed by atoms with Crippen LogP contribution in [-0.4, -0.2) is 60.5 Å². The van der Waals surface area contributed by atoms with Crippen LogP contribution in [-0.2, 0) is 14.3 Å². The van der Waals surface area contributed by atoms with Crippen LogP contribution in [0.4, 0.5) is 0 Å². The van der Waals surface area contributed by atoms with E-state index in [0.717, 1.165) is 32.4 Å². The Hall–Kier alpha value is -1.10. The van der Waals surface area contributed by atoms with Gasteiger partial charge in [0, 0.05) is 40.2 Å². The number of likely N-dealkylation sites (tertiary alicyclic amines) is 2. The summed E-state index contributed by atoms with van der Waals surface area (Å²) in [5, 5.41) is 0. The van der Waals surface area contributed by atoms with Crippen molar-refractivity contribution in [1.82, 2.24) is 9.80 Å². The van der Waals surface area contributed by atoms with Crippen LogP contribution in [0.1, 0.15) is 33.1 Å². The van der Waals surface area contributed by atoms with Crippen molar-refractivity contribution in [3.63, 3.8) is 0 Å². The summed E-state index contributed by atoms with van der Waals surface area (Å²) in [6.07, 6.45) is 2.87. The molecule has 2 fully saturated rings. The standard InChI is InChI=1S/C14H24N2O3/c1-11(17)16-9-12(10-16)13(18)15-7-4-5-14(2,19-3)6-8-15/h12H,4-10H2,1-3H3. The van der Waals surface area contributed by atoms with E-state index in [1.165, 1.54) is 0 Å². The molecule has 1 atom stereocenters. The van der Waals surface area contributed by atoms with Gasteiger partial charge in [0.2, 0.25) is 11.8 Å². The first-order chi connectivity index (χ1) is 8.95. The van der Waals surface area contributed by atoms with Gasteiger partial charge in [-0.15, -0.1) is 0 Å². The van der Waals surface area contributed by atoms with Crippen molar-refractivity contribution in [3.05, 3.63) is 0 Å². The number of hydrogen-bond donors (Lipinski definition) is 0. The normalized spacial score (nSPS) is 28.8. The highest BCUT2D eigenvalue weighted by Gasteiger charge is 2.38. The van der Waals surface area contributed by atoms with Gasteiger partial charge in [-0.2, -0.15) is 0 Å². The highest BCUT2D eigenvalue weighted by atomic mass is 16.5. The lowest BCUT2D eigenvalue weighted by atomic mass is 9.97. The van der Waals surface area contributed by atoms with Gasteiger partial charge in [-0.3, -0.25) is 9.59 Å². The summed E-state index contributed by atoms with van der Waals surface area (Å²) in [5.74, 6) is 0.278. The highest BCUT2D eigenvalue weighted by molar-refractivity contribution is 5.83. The maximum absolute atomic E-state index is 12.3. The molecule has 0 saturated carbocycles. The lowest BCUT2D eigenvalue weighted by Crippen LogP contribution is -2.56. The van der Waals surface area contributed by atoms with Gasteiger partial charge in [0.1, 0.15) is 0 Å². The number of methoxy groups -OCH3 is 1. The molecule has 0 aliphatic carbocycles. The van der Waals surface area contributed by atoms with Gasteiger partial charge in [0.25, 0.3) is 0 Å². The summed E-state index contributed by atoms with van der Waals surface area (Å²) < 4.78 is 5.55. The third-order valence-corrected chi connectivity index (χ3v) is 4.52. The number of hydrogen-bond acceptors (Lipinski definition) is 3. The maximum Gasteiger partial charge on any atom is 0.229 e. The van der Waals surface area contributed by atoms with E-state index in [-0.39, 0.29) is 23.3 Å². The Morgan fingerprint density at radius 1 is 1.16 bits per heavy atom. The minimum atomic E-state index is -0.0972. The van der Waals surface area contributed by atoms with Crippen molar-refractivity contribution < 1.29 is 14.3 Å². The number of ether oxygens (including phenoxy) is 1. The molecule has 0 aromatic heterocycles. The van der Waals surface area contributed by atoms with Crippen molar-refractivity contribution in [1.29, 1.82) is 0 Å². The second kappa shape index (κ2) is 5.49. The Bertz CT molecular complexity index is 366.